The van der Waals surface area contributed by atoms with E-state index >= 15 is 0 Å². The average molecular weight is 303 g/mol. The number of piperidine rings is 1. The molecule has 0 bridgehead atoms. The van der Waals surface area contributed by atoms with Gasteiger partial charge in [0.15, 0.2) is 5.82 Å². The first kappa shape index (κ1) is 14.6. The molecule has 21 heavy (non-hydrogen) atoms. The van der Waals surface area contributed by atoms with E-state index < -0.39 is 0 Å². The zero-order valence-electron chi connectivity index (χ0n) is 12.5. The molecular formula is C16H21N3OS. The first-order valence-electron chi connectivity index (χ1n) is 7.48. The van der Waals surface area contributed by atoms with Gasteiger partial charge in [-0.3, -0.25) is 0 Å². The van der Waals surface area contributed by atoms with Crippen molar-refractivity contribution in [2.75, 3.05) is 6.54 Å². The molecular weight excluding hydrogens is 282 g/mol. The van der Waals surface area contributed by atoms with E-state index in [1.54, 1.807) is 11.8 Å². The molecule has 1 aliphatic heterocycles. The van der Waals surface area contributed by atoms with E-state index in [-0.39, 0.29) is 6.04 Å². The molecule has 2 unspecified atom stereocenters. The molecule has 3 rings (SSSR count). The maximum Gasteiger partial charge on any atom is 0.244 e. The summed E-state index contributed by atoms with van der Waals surface area (Å²) in [5.41, 5.74) is 1.27. The number of hydrogen-bond donors (Lipinski definition) is 1. The van der Waals surface area contributed by atoms with Crippen molar-refractivity contribution in [2.45, 2.75) is 43.4 Å². The van der Waals surface area contributed by atoms with Crippen LogP contribution in [0.4, 0.5) is 0 Å². The molecule has 0 amide bonds. The topological polar surface area (TPSA) is 51.0 Å². The standard InChI is InChI=1S/C16H21N3OS/c1-11-5-3-7-13(9-11)21-10-14-18-16(20-19-14)15-12(2)6-4-8-17-15/h3,5,7,9,12,15,17H,4,6,8,10H2,1-2H3. The number of nitrogens with one attached hydrogen (secondary N) is 1. The predicted molar refractivity (Wildman–Crippen MR) is 84.2 cm³/mol. The van der Waals surface area contributed by atoms with Crippen molar-refractivity contribution in [2.24, 2.45) is 5.92 Å². The fourth-order valence-electron chi connectivity index (χ4n) is 2.69. The fraction of sp³-hybridized carbons (Fsp3) is 0.500. The number of aromatic nitrogens is 2. The molecule has 2 aromatic rings. The van der Waals surface area contributed by atoms with Crippen molar-refractivity contribution in [1.29, 1.82) is 0 Å². The third-order valence-electron chi connectivity index (χ3n) is 3.88. The first-order valence-corrected chi connectivity index (χ1v) is 8.46. The maximum atomic E-state index is 5.45. The van der Waals surface area contributed by atoms with Crippen LogP contribution >= 0.6 is 11.8 Å². The minimum absolute atomic E-state index is 0.212. The number of rotatable bonds is 4. The summed E-state index contributed by atoms with van der Waals surface area (Å²) in [6, 6.07) is 8.68. The Morgan fingerprint density at radius 3 is 3.14 bits per heavy atom. The van der Waals surface area contributed by atoms with Crippen LogP contribution in [0.5, 0.6) is 0 Å². The third-order valence-corrected chi connectivity index (χ3v) is 4.87. The van der Waals surface area contributed by atoms with E-state index in [2.05, 4.69) is 53.6 Å². The summed E-state index contributed by atoms with van der Waals surface area (Å²) in [7, 11) is 0. The third kappa shape index (κ3) is 3.66. The molecule has 1 fully saturated rings. The highest BCUT2D eigenvalue weighted by Crippen LogP contribution is 2.28. The van der Waals surface area contributed by atoms with Gasteiger partial charge < -0.3 is 9.84 Å². The highest BCUT2D eigenvalue weighted by atomic mass is 32.2. The SMILES string of the molecule is Cc1cccc(SCc2noc(C3NCCCC3C)n2)c1. The molecule has 1 aromatic heterocycles. The quantitative estimate of drug-likeness (QED) is 0.872. The normalized spacial score (nSPS) is 22.4. The molecule has 112 valence electrons. The van der Waals surface area contributed by atoms with Crippen LogP contribution in [-0.2, 0) is 5.75 Å². The van der Waals surface area contributed by atoms with Crippen LogP contribution in [0, 0.1) is 12.8 Å². The Balaban J connectivity index is 1.62. The van der Waals surface area contributed by atoms with E-state index in [1.807, 2.05) is 0 Å². The predicted octanol–water partition coefficient (Wildman–Crippen LogP) is 3.73. The van der Waals surface area contributed by atoms with Gasteiger partial charge in [0.25, 0.3) is 0 Å². The van der Waals surface area contributed by atoms with Crippen molar-refractivity contribution < 1.29 is 4.52 Å². The lowest BCUT2D eigenvalue weighted by Crippen LogP contribution is -2.33. The molecule has 2 atom stereocenters. The lowest BCUT2D eigenvalue weighted by atomic mass is 9.93. The van der Waals surface area contributed by atoms with Gasteiger partial charge in [0.2, 0.25) is 5.89 Å². The van der Waals surface area contributed by atoms with Crippen LogP contribution in [0.1, 0.15) is 43.1 Å². The number of aryl methyl sites for hydroxylation is 1. The summed E-state index contributed by atoms with van der Waals surface area (Å²) in [5.74, 6) is 2.81. The first-order chi connectivity index (χ1) is 10.2. The molecule has 0 spiro atoms. The minimum atomic E-state index is 0.212. The zero-order valence-corrected chi connectivity index (χ0v) is 13.3. The Bertz CT molecular complexity index is 599. The van der Waals surface area contributed by atoms with Crippen molar-refractivity contribution in [1.82, 2.24) is 15.5 Å². The monoisotopic (exact) mass is 303 g/mol. The average Bonchev–Trinajstić information content (AvgIpc) is 2.94. The smallest absolute Gasteiger partial charge is 0.244 e. The van der Waals surface area contributed by atoms with E-state index in [4.69, 9.17) is 4.52 Å². The highest BCUT2D eigenvalue weighted by molar-refractivity contribution is 7.98. The Morgan fingerprint density at radius 2 is 2.33 bits per heavy atom. The molecule has 5 heteroatoms. The summed E-state index contributed by atoms with van der Waals surface area (Å²) < 4.78 is 5.45. The van der Waals surface area contributed by atoms with Crippen LogP contribution < -0.4 is 5.32 Å². The van der Waals surface area contributed by atoms with E-state index in [0.717, 1.165) is 24.0 Å². The van der Waals surface area contributed by atoms with Crippen molar-refractivity contribution >= 4 is 11.8 Å². The van der Waals surface area contributed by atoms with Crippen LogP contribution in [0.2, 0.25) is 0 Å². The molecule has 2 heterocycles. The van der Waals surface area contributed by atoms with Crippen molar-refractivity contribution in [3.63, 3.8) is 0 Å². The van der Waals surface area contributed by atoms with Gasteiger partial charge in [0.05, 0.1) is 11.8 Å². The highest BCUT2D eigenvalue weighted by Gasteiger charge is 2.27. The van der Waals surface area contributed by atoms with Gasteiger partial charge in [-0.15, -0.1) is 11.8 Å². The minimum Gasteiger partial charge on any atom is -0.338 e. The summed E-state index contributed by atoms with van der Waals surface area (Å²) >= 11 is 1.74. The second kappa shape index (κ2) is 6.62. The van der Waals surface area contributed by atoms with Gasteiger partial charge in [0.1, 0.15) is 0 Å². The summed E-state index contributed by atoms with van der Waals surface area (Å²) in [5, 5.41) is 7.59. The van der Waals surface area contributed by atoms with Crippen LogP contribution in [0.15, 0.2) is 33.7 Å². The summed E-state index contributed by atoms with van der Waals surface area (Å²) in [6.45, 7) is 5.37. The fourth-order valence-corrected chi connectivity index (χ4v) is 3.54. The molecule has 1 N–H and O–H groups in total. The number of thioether (sulfide) groups is 1. The van der Waals surface area contributed by atoms with Crippen LogP contribution in [-0.4, -0.2) is 16.7 Å². The van der Waals surface area contributed by atoms with Crippen LogP contribution in [0.3, 0.4) is 0 Å². The number of benzene rings is 1. The molecule has 0 saturated carbocycles. The van der Waals surface area contributed by atoms with Crippen molar-refractivity contribution in [3.05, 3.63) is 41.5 Å². The second-order valence-corrected chi connectivity index (χ2v) is 6.75. The second-order valence-electron chi connectivity index (χ2n) is 5.71. The summed E-state index contributed by atoms with van der Waals surface area (Å²) in [4.78, 5) is 5.80. The van der Waals surface area contributed by atoms with Crippen LogP contribution in [0.25, 0.3) is 0 Å². The Hall–Kier alpha value is -1.33. The Morgan fingerprint density at radius 1 is 1.43 bits per heavy atom. The molecule has 4 nitrogen and oxygen atoms in total. The van der Waals surface area contributed by atoms with Crippen molar-refractivity contribution in [3.8, 4) is 0 Å². The molecule has 0 radical (unpaired) electrons. The van der Waals surface area contributed by atoms with Gasteiger partial charge in [-0.1, -0.05) is 29.8 Å². The molecule has 1 aromatic carbocycles. The van der Waals surface area contributed by atoms with Gasteiger partial charge in [-0.2, -0.15) is 4.98 Å². The van der Waals surface area contributed by atoms with E-state index in [9.17, 15) is 0 Å². The van der Waals surface area contributed by atoms with E-state index in [1.165, 1.54) is 23.3 Å². The lowest BCUT2D eigenvalue weighted by Gasteiger charge is -2.26. The van der Waals surface area contributed by atoms with Gasteiger partial charge in [0, 0.05) is 4.90 Å². The molecule has 1 saturated heterocycles. The lowest BCUT2D eigenvalue weighted by molar-refractivity contribution is 0.239. The van der Waals surface area contributed by atoms with Gasteiger partial charge in [-0.25, -0.2) is 0 Å². The number of nitrogens with zero attached hydrogens (tertiary/aromatic N) is 2. The maximum absolute atomic E-state index is 5.45. The Kier molecular flexibility index (Phi) is 4.60. The largest absolute Gasteiger partial charge is 0.338 e. The Labute approximate surface area is 129 Å². The summed E-state index contributed by atoms with van der Waals surface area (Å²) in [6.07, 6.45) is 2.44. The number of hydrogen-bond acceptors (Lipinski definition) is 5. The van der Waals surface area contributed by atoms with E-state index in [0.29, 0.717) is 5.92 Å². The van der Waals surface area contributed by atoms with Gasteiger partial charge >= 0.3 is 0 Å². The molecule has 0 aliphatic carbocycles. The molecule has 1 aliphatic rings. The van der Waals surface area contributed by atoms with Gasteiger partial charge in [-0.05, 0) is 44.4 Å². The zero-order chi connectivity index (χ0) is 14.7.